The molecular weight excluding hydrogens is 256 g/mol. The second-order valence-electron chi connectivity index (χ2n) is 4.66. The largest absolute Gasteiger partial charge is 0.492 e. The quantitative estimate of drug-likeness (QED) is 0.630. The molecule has 5 nitrogen and oxygen atoms in total. The predicted molar refractivity (Wildman–Crippen MR) is 79.7 cm³/mol. The summed E-state index contributed by atoms with van der Waals surface area (Å²) in [5, 5.41) is 11.8. The lowest BCUT2D eigenvalue weighted by atomic mass is 10.1. The van der Waals surface area contributed by atoms with E-state index in [9.17, 15) is 4.79 Å². The van der Waals surface area contributed by atoms with Crippen molar-refractivity contribution in [1.29, 1.82) is 0 Å². The number of amides is 1. The Morgan fingerprint density at radius 2 is 2.20 bits per heavy atom. The summed E-state index contributed by atoms with van der Waals surface area (Å²) in [6.45, 7) is 4.38. The maximum Gasteiger partial charge on any atom is 0.220 e. The van der Waals surface area contributed by atoms with E-state index >= 15 is 0 Å². The van der Waals surface area contributed by atoms with Gasteiger partial charge in [0.15, 0.2) is 0 Å². The van der Waals surface area contributed by atoms with Gasteiger partial charge in [-0.1, -0.05) is 13.0 Å². The molecule has 0 saturated carbocycles. The fourth-order valence-electron chi connectivity index (χ4n) is 1.87. The molecule has 1 atom stereocenters. The molecule has 1 aromatic carbocycles. The molecule has 0 aliphatic carbocycles. The molecule has 1 rings (SSSR count). The van der Waals surface area contributed by atoms with Gasteiger partial charge in [0.2, 0.25) is 5.91 Å². The zero-order chi connectivity index (χ0) is 15.0. The van der Waals surface area contributed by atoms with Crippen LogP contribution in [0.1, 0.15) is 32.3 Å². The Labute approximate surface area is 120 Å². The Bertz CT molecular complexity index is 431. The van der Waals surface area contributed by atoms with Gasteiger partial charge in [0.25, 0.3) is 0 Å². The molecule has 0 aliphatic heterocycles. The number of rotatable bonds is 8. The number of aliphatic hydroxyl groups is 1. The van der Waals surface area contributed by atoms with Crippen LogP contribution in [0.2, 0.25) is 0 Å². The maximum absolute atomic E-state index is 11.7. The number of carbonyl (C=O) groups is 1. The third-order valence-electron chi connectivity index (χ3n) is 3.09. The fourth-order valence-corrected chi connectivity index (χ4v) is 1.87. The molecular formula is C15H24N2O3. The second-order valence-corrected chi connectivity index (χ2v) is 4.66. The monoisotopic (exact) mass is 280 g/mol. The van der Waals surface area contributed by atoms with Crippen molar-refractivity contribution < 1.29 is 14.6 Å². The van der Waals surface area contributed by atoms with Crippen LogP contribution in [0, 0.1) is 0 Å². The molecule has 5 heteroatoms. The van der Waals surface area contributed by atoms with Crippen LogP contribution < -0.4 is 15.8 Å². The number of nitrogens with one attached hydrogen (secondary N) is 1. The summed E-state index contributed by atoms with van der Waals surface area (Å²) < 4.78 is 5.37. The molecule has 0 bridgehead atoms. The molecule has 0 saturated heterocycles. The topological polar surface area (TPSA) is 84.6 Å². The summed E-state index contributed by atoms with van der Waals surface area (Å²) in [5.41, 5.74) is 7.47. The third kappa shape index (κ3) is 5.09. The van der Waals surface area contributed by atoms with Crippen molar-refractivity contribution in [3.05, 3.63) is 23.8 Å². The van der Waals surface area contributed by atoms with Crippen LogP contribution in [-0.2, 0) is 11.2 Å². The molecule has 1 aromatic rings. The van der Waals surface area contributed by atoms with Gasteiger partial charge in [0.05, 0.1) is 24.9 Å². The smallest absolute Gasteiger partial charge is 0.220 e. The standard InChI is InChI=1S/C15H24N2O3/c1-3-12(10-18)17-15(19)8-6-11-5-7-14(20-4-2)13(16)9-11/h5,7,9,12,18H,3-4,6,8,10,16H2,1-2H3,(H,17,19). The molecule has 1 amide bonds. The molecule has 112 valence electrons. The summed E-state index contributed by atoms with van der Waals surface area (Å²) in [5.74, 6) is 0.616. The third-order valence-corrected chi connectivity index (χ3v) is 3.09. The number of aliphatic hydroxyl groups excluding tert-OH is 1. The van der Waals surface area contributed by atoms with Gasteiger partial charge in [0, 0.05) is 6.42 Å². The highest BCUT2D eigenvalue weighted by atomic mass is 16.5. The molecule has 4 N–H and O–H groups in total. The van der Waals surface area contributed by atoms with Crippen molar-refractivity contribution in [3.8, 4) is 5.75 Å². The first kappa shape index (κ1) is 16.3. The lowest BCUT2D eigenvalue weighted by Gasteiger charge is -2.14. The van der Waals surface area contributed by atoms with E-state index in [0.717, 1.165) is 12.0 Å². The van der Waals surface area contributed by atoms with Crippen molar-refractivity contribution in [2.45, 2.75) is 39.2 Å². The van der Waals surface area contributed by atoms with E-state index in [-0.39, 0.29) is 18.6 Å². The normalized spacial score (nSPS) is 11.9. The van der Waals surface area contributed by atoms with Crippen LogP contribution in [-0.4, -0.2) is 30.3 Å². The number of aryl methyl sites for hydroxylation is 1. The first-order valence-corrected chi connectivity index (χ1v) is 7.02. The number of hydrogen-bond acceptors (Lipinski definition) is 4. The first-order valence-electron chi connectivity index (χ1n) is 7.02. The van der Waals surface area contributed by atoms with Crippen molar-refractivity contribution in [2.75, 3.05) is 18.9 Å². The van der Waals surface area contributed by atoms with Gasteiger partial charge >= 0.3 is 0 Å². The van der Waals surface area contributed by atoms with Crippen molar-refractivity contribution in [2.24, 2.45) is 0 Å². The minimum Gasteiger partial charge on any atom is -0.492 e. The highest BCUT2D eigenvalue weighted by molar-refractivity contribution is 5.76. The molecule has 0 fully saturated rings. The number of benzene rings is 1. The summed E-state index contributed by atoms with van der Waals surface area (Å²) in [7, 11) is 0. The average molecular weight is 280 g/mol. The van der Waals surface area contributed by atoms with Gasteiger partial charge in [0.1, 0.15) is 5.75 Å². The summed E-state index contributed by atoms with van der Waals surface area (Å²) in [6, 6.07) is 5.42. The molecule has 0 aliphatic rings. The zero-order valence-electron chi connectivity index (χ0n) is 12.2. The highest BCUT2D eigenvalue weighted by Gasteiger charge is 2.09. The lowest BCUT2D eigenvalue weighted by Crippen LogP contribution is -2.37. The fraction of sp³-hybridized carbons (Fsp3) is 0.533. The van der Waals surface area contributed by atoms with Gasteiger partial charge in [-0.25, -0.2) is 0 Å². The van der Waals surface area contributed by atoms with Gasteiger partial charge in [-0.3, -0.25) is 4.79 Å². The first-order chi connectivity index (χ1) is 9.60. The molecule has 0 aromatic heterocycles. The van der Waals surface area contributed by atoms with E-state index in [4.69, 9.17) is 15.6 Å². The SMILES string of the molecule is CCOc1ccc(CCC(=O)NC(CC)CO)cc1N. The number of nitrogens with two attached hydrogens (primary N) is 1. The lowest BCUT2D eigenvalue weighted by molar-refractivity contribution is -0.122. The van der Waals surface area contributed by atoms with Crippen LogP contribution in [0.3, 0.4) is 0 Å². The van der Waals surface area contributed by atoms with E-state index in [2.05, 4.69) is 5.32 Å². The van der Waals surface area contributed by atoms with E-state index in [1.54, 1.807) is 0 Å². The summed E-state index contributed by atoms with van der Waals surface area (Å²) in [6.07, 6.45) is 1.71. The molecule has 20 heavy (non-hydrogen) atoms. The van der Waals surface area contributed by atoms with E-state index in [1.165, 1.54) is 0 Å². The average Bonchev–Trinajstić information content (AvgIpc) is 2.45. The van der Waals surface area contributed by atoms with Crippen LogP contribution in [0.5, 0.6) is 5.75 Å². The molecule has 0 radical (unpaired) electrons. The Morgan fingerprint density at radius 3 is 2.75 bits per heavy atom. The van der Waals surface area contributed by atoms with Crippen molar-refractivity contribution in [1.82, 2.24) is 5.32 Å². The van der Waals surface area contributed by atoms with Gasteiger partial charge < -0.3 is 20.9 Å². The molecule has 1 unspecified atom stereocenters. The Hall–Kier alpha value is -1.75. The zero-order valence-corrected chi connectivity index (χ0v) is 12.2. The number of ether oxygens (including phenoxy) is 1. The van der Waals surface area contributed by atoms with Crippen LogP contribution >= 0.6 is 0 Å². The van der Waals surface area contributed by atoms with Crippen LogP contribution in [0.4, 0.5) is 5.69 Å². The Kier molecular flexibility index (Phi) is 6.87. The number of nitrogen functional groups attached to an aromatic ring is 1. The van der Waals surface area contributed by atoms with Gasteiger partial charge in [-0.2, -0.15) is 0 Å². The number of carbonyl (C=O) groups excluding carboxylic acids is 1. The molecule has 0 heterocycles. The van der Waals surface area contributed by atoms with E-state index in [1.807, 2.05) is 32.0 Å². The van der Waals surface area contributed by atoms with Gasteiger partial charge in [-0.05, 0) is 37.5 Å². The van der Waals surface area contributed by atoms with E-state index < -0.39 is 0 Å². The second kappa shape index (κ2) is 8.43. The summed E-state index contributed by atoms with van der Waals surface area (Å²) >= 11 is 0. The van der Waals surface area contributed by atoms with Crippen LogP contribution in [0.15, 0.2) is 18.2 Å². The minimum absolute atomic E-state index is 0.0295. The van der Waals surface area contributed by atoms with Crippen molar-refractivity contribution >= 4 is 11.6 Å². The van der Waals surface area contributed by atoms with E-state index in [0.29, 0.717) is 30.9 Å². The van der Waals surface area contributed by atoms with Crippen molar-refractivity contribution in [3.63, 3.8) is 0 Å². The Balaban J connectivity index is 2.49. The maximum atomic E-state index is 11.7. The Morgan fingerprint density at radius 1 is 1.45 bits per heavy atom. The summed E-state index contributed by atoms with van der Waals surface area (Å²) in [4.78, 5) is 11.7. The molecule has 0 spiro atoms. The minimum atomic E-state index is -0.159. The van der Waals surface area contributed by atoms with Gasteiger partial charge in [-0.15, -0.1) is 0 Å². The van der Waals surface area contributed by atoms with Crippen LogP contribution in [0.25, 0.3) is 0 Å². The highest BCUT2D eigenvalue weighted by Crippen LogP contribution is 2.23. The number of anilines is 1. The number of hydrogen-bond donors (Lipinski definition) is 3. The predicted octanol–water partition coefficient (Wildman–Crippen LogP) is 1.49.